The molecule has 0 amide bonds. The van der Waals surface area contributed by atoms with Gasteiger partial charge in [0.2, 0.25) is 0 Å². The van der Waals surface area contributed by atoms with Gasteiger partial charge in [0, 0.05) is 26.3 Å². The summed E-state index contributed by atoms with van der Waals surface area (Å²) in [7, 11) is 0. The van der Waals surface area contributed by atoms with Crippen LogP contribution >= 0.6 is 24.4 Å². The van der Waals surface area contributed by atoms with Crippen LogP contribution < -0.4 is 0 Å². The third kappa shape index (κ3) is 2.24. The first-order valence-electron chi connectivity index (χ1n) is 5.64. The Bertz CT molecular complexity index is 680. The second-order valence-corrected chi connectivity index (χ2v) is 5.49. The minimum absolute atomic E-state index is 0.919. The van der Waals surface area contributed by atoms with Gasteiger partial charge in [-0.3, -0.25) is 4.98 Å². The fraction of sp³-hybridized carbons (Fsp3) is 0. The highest BCUT2D eigenvalue weighted by molar-refractivity contribution is 7.99. The molecule has 0 spiro atoms. The van der Waals surface area contributed by atoms with Crippen LogP contribution in [0.5, 0.6) is 0 Å². The first kappa shape index (κ1) is 11.6. The standard InChI is InChI=1S/C15H11NS2/c17-13-8-9-14(12-7-4-10-16-15(12)13)18-11-5-2-1-3-6-11/h1-10,17H. The summed E-state index contributed by atoms with van der Waals surface area (Å²) in [5.74, 6) is 0. The van der Waals surface area contributed by atoms with Crippen LogP contribution in [-0.2, 0) is 0 Å². The molecule has 0 fully saturated rings. The Balaban J connectivity index is 2.10. The molecule has 88 valence electrons. The van der Waals surface area contributed by atoms with E-state index in [1.165, 1.54) is 9.79 Å². The van der Waals surface area contributed by atoms with Gasteiger partial charge in [0.25, 0.3) is 0 Å². The molecular weight excluding hydrogens is 258 g/mol. The molecule has 18 heavy (non-hydrogen) atoms. The number of pyridine rings is 1. The normalized spacial score (nSPS) is 10.7. The van der Waals surface area contributed by atoms with Gasteiger partial charge in [-0.25, -0.2) is 0 Å². The van der Waals surface area contributed by atoms with E-state index in [1.54, 1.807) is 18.0 Å². The van der Waals surface area contributed by atoms with Crippen molar-refractivity contribution in [2.45, 2.75) is 14.7 Å². The number of fused-ring (bicyclic) bond motifs is 1. The Morgan fingerprint density at radius 3 is 2.56 bits per heavy atom. The zero-order valence-corrected chi connectivity index (χ0v) is 11.3. The highest BCUT2D eigenvalue weighted by Crippen LogP contribution is 2.34. The van der Waals surface area contributed by atoms with Crippen molar-refractivity contribution in [3.05, 3.63) is 60.8 Å². The third-order valence-corrected chi connectivity index (χ3v) is 4.12. The summed E-state index contributed by atoms with van der Waals surface area (Å²) in [5, 5.41) is 1.15. The van der Waals surface area contributed by atoms with Gasteiger partial charge in [-0.2, -0.15) is 0 Å². The largest absolute Gasteiger partial charge is 0.255 e. The highest BCUT2D eigenvalue weighted by atomic mass is 32.2. The zero-order valence-electron chi connectivity index (χ0n) is 9.58. The minimum Gasteiger partial charge on any atom is -0.255 e. The maximum absolute atomic E-state index is 4.45. The predicted octanol–water partition coefficient (Wildman–Crippen LogP) is 4.67. The van der Waals surface area contributed by atoms with Gasteiger partial charge in [0.1, 0.15) is 0 Å². The summed E-state index contributed by atoms with van der Waals surface area (Å²) < 4.78 is 0. The first-order chi connectivity index (χ1) is 8.84. The number of hydrogen-bond acceptors (Lipinski definition) is 3. The van der Waals surface area contributed by atoms with Gasteiger partial charge >= 0.3 is 0 Å². The van der Waals surface area contributed by atoms with Crippen LogP contribution in [0.15, 0.2) is 75.5 Å². The van der Waals surface area contributed by atoms with E-state index in [2.05, 4.69) is 54.0 Å². The molecule has 1 heterocycles. The molecule has 0 N–H and O–H groups in total. The maximum atomic E-state index is 4.45. The summed E-state index contributed by atoms with van der Waals surface area (Å²) in [6, 6.07) is 18.5. The molecule has 3 heteroatoms. The lowest BCUT2D eigenvalue weighted by molar-refractivity contribution is 1.32. The van der Waals surface area contributed by atoms with E-state index in [0.717, 1.165) is 15.8 Å². The SMILES string of the molecule is Sc1ccc(Sc2ccccc2)c2cccnc12. The molecule has 0 aliphatic heterocycles. The molecule has 0 aliphatic rings. The Kier molecular flexibility index (Phi) is 3.26. The third-order valence-electron chi connectivity index (χ3n) is 2.68. The van der Waals surface area contributed by atoms with Crippen LogP contribution in [0.4, 0.5) is 0 Å². The van der Waals surface area contributed by atoms with Crippen LogP contribution in [0.1, 0.15) is 0 Å². The Labute approximate surface area is 116 Å². The summed E-state index contributed by atoms with van der Waals surface area (Å²) >= 11 is 6.20. The number of hydrogen-bond donors (Lipinski definition) is 1. The number of thiol groups is 1. The Hall–Kier alpha value is -1.45. The predicted molar refractivity (Wildman–Crippen MR) is 79.6 cm³/mol. The molecule has 0 radical (unpaired) electrons. The minimum atomic E-state index is 0.919. The van der Waals surface area contributed by atoms with E-state index >= 15 is 0 Å². The van der Waals surface area contributed by atoms with Crippen molar-refractivity contribution in [1.29, 1.82) is 0 Å². The molecule has 0 saturated heterocycles. The summed E-state index contributed by atoms with van der Waals surface area (Å²) in [6.45, 7) is 0. The van der Waals surface area contributed by atoms with Crippen molar-refractivity contribution >= 4 is 35.3 Å². The van der Waals surface area contributed by atoms with Gasteiger partial charge < -0.3 is 0 Å². The van der Waals surface area contributed by atoms with Crippen molar-refractivity contribution in [1.82, 2.24) is 4.98 Å². The molecule has 0 unspecified atom stereocenters. The molecule has 2 aromatic carbocycles. The summed E-state index contributed by atoms with van der Waals surface area (Å²) in [6.07, 6.45) is 1.80. The maximum Gasteiger partial charge on any atom is 0.0846 e. The lowest BCUT2D eigenvalue weighted by Crippen LogP contribution is -1.83. The van der Waals surface area contributed by atoms with E-state index in [-0.39, 0.29) is 0 Å². The summed E-state index contributed by atoms with van der Waals surface area (Å²) in [4.78, 5) is 7.75. The Morgan fingerprint density at radius 2 is 1.72 bits per heavy atom. The average molecular weight is 269 g/mol. The number of benzene rings is 2. The monoisotopic (exact) mass is 269 g/mol. The molecule has 0 bridgehead atoms. The molecule has 3 rings (SSSR count). The van der Waals surface area contributed by atoms with Crippen molar-refractivity contribution in [2.75, 3.05) is 0 Å². The van der Waals surface area contributed by atoms with E-state index < -0.39 is 0 Å². The van der Waals surface area contributed by atoms with Crippen LogP contribution in [0, 0.1) is 0 Å². The first-order valence-corrected chi connectivity index (χ1v) is 6.90. The van der Waals surface area contributed by atoms with E-state index in [0.29, 0.717) is 0 Å². The smallest absolute Gasteiger partial charge is 0.0846 e. The van der Waals surface area contributed by atoms with Crippen molar-refractivity contribution in [2.24, 2.45) is 0 Å². The quantitative estimate of drug-likeness (QED) is 0.679. The molecule has 3 aromatic rings. The molecule has 0 saturated carbocycles. The van der Waals surface area contributed by atoms with Gasteiger partial charge in [0.05, 0.1) is 5.52 Å². The van der Waals surface area contributed by atoms with Gasteiger partial charge in [-0.15, -0.1) is 12.6 Å². The average Bonchev–Trinajstić information content (AvgIpc) is 2.44. The van der Waals surface area contributed by atoms with Gasteiger partial charge in [0.15, 0.2) is 0 Å². The van der Waals surface area contributed by atoms with Crippen molar-refractivity contribution in [3.8, 4) is 0 Å². The lowest BCUT2D eigenvalue weighted by atomic mass is 10.2. The fourth-order valence-electron chi connectivity index (χ4n) is 1.84. The number of nitrogens with zero attached hydrogens (tertiary/aromatic N) is 1. The molecule has 0 atom stereocenters. The van der Waals surface area contributed by atoms with Crippen LogP contribution in [0.3, 0.4) is 0 Å². The molecule has 0 aliphatic carbocycles. The highest BCUT2D eigenvalue weighted by Gasteiger charge is 2.05. The summed E-state index contributed by atoms with van der Waals surface area (Å²) in [5.41, 5.74) is 0.960. The Morgan fingerprint density at radius 1 is 0.889 bits per heavy atom. The van der Waals surface area contributed by atoms with E-state index in [4.69, 9.17) is 0 Å². The van der Waals surface area contributed by atoms with Crippen LogP contribution in [-0.4, -0.2) is 4.98 Å². The lowest BCUT2D eigenvalue weighted by Gasteiger charge is -2.07. The van der Waals surface area contributed by atoms with E-state index in [1.807, 2.05) is 18.2 Å². The number of rotatable bonds is 2. The molecular formula is C15H11NS2. The van der Waals surface area contributed by atoms with E-state index in [9.17, 15) is 0 Å². The molecule has 1 nitrogen and oxygen atoms in total. The van der Waals surface area contributed by atoms with Crippen LogP contribution in [0.2, 0.25) is 0 Å². The second kappa shape index (κ2) is 5.04. The van der Waals surface area contributed by atoms with Gasteiger partial charge in [-0.1, -0.05) is 36.0 Å². The van der Waals surface area contributed by atoms with Crippen molar-refractivity contribution < 1.29 is 0 Å². The van der Waals surface area contributed by atoms with Crippen LogP contribution in [0.25, 0.3) is 10.9 Å². The topological polar surface area (TPSA) is 12.9 Å². The second-order valence-electron chi connectivity index (χ2n) is 3.90. The zero-order chi connectivity index (χ0) is 12.4. The number of aromatic nitrogens is 1. The fourth-order valence-corrected chi connectivity index (χ4v) is 3.05. The van der Waals surface area contributed by atoms with Crippen molar-refractivity contribution in [3.63, 3.8) is 0 Å². The molecule has 1 aromatic heterocycles. The van der Waals surface area contributed by atoms with Gasteiger partial charge in [-0.05, 0) is 30.3 Å².